The van der Waals surface area contributed by atoms with Crippen molar-refractivity contribution in [2.75, 3.05) is 16.4 Å². The SMILES string of the molecule is CC(C)(C)OC(=O)Nc1cc(NCc2ccccc2)c(N)cn1. The predicted octanol–water partition coefficient (Wildman–Crippen LogP) is 3.62. The Bertz CT molecular complexity index is 666. The first-order valence-electron chi connectivity index (χ1n) is 7.37. The molecule has 4 N–H and O–H groups in total. The van der Waals surface area contributed by atoms with Gasteiger partial charge in [0.1, 0.15) is 11.4 Å². The number of hydrogen-bond acceptors (Lipinski definition) is 5. The molecular formula is C17H22N4O2. The van der Waals surface area contributed by atoms with Crippen LogP contribution in [-0.2, 0) is 11.3 Å². The first-order valence-corrected chi connectivity index (χ1v) is 7.37. The molecule has 0 saturated heterocycles. The van der Waals surface area contributed by atoms with Crippen molar-refractivity contribution >= 4 is 23.3 Å². The molecule has 0 aliphatic carbocycles. The molecule has 0 atom stereocenters. The van der Waals surface area contributed by atoms with Crippen LogP contribution in [0.15, 0.2) is 42.6 Å². The second-order valence-corrected chi connectivity index (χ2v) is 6.12. The maximum Gasteiger partial charge on any atom is 0.413 e. The summed E-state index contributed by atoms with van der Waals surface area (Å²) in [5.74, 6) is 0.379. The lowest BCUT2D eigenvalue weighted by atomic mass is 10.2. The molecule has 23 heavy (non-hydrogen) atoms. The number of ether oxygens (including phenoxy) is 1. The summed E-state index contributed by atoms with van der Waals surface area (Å²) in [5, 5.41) is 5.83. The fourth-order valence-corrected chi connectivity index (χ4v) is 1.89. The molecule has 0 unspecified atom stereocenters. The topological polar surface area (TPSA) is 89.3 Å². The van der Waals surface area contributed by atoms with Crippen LogP contribution in [0.25, 0.3) is 0 Å². The Hall–Kier alpha value is -2.76. The lowest BCUT2D eigenvalue weighted by Crippen LogP contribution is -2.27. The van der Waals surface area contributed by atoms with Gasteiger partial charge in [0, 0.05) is 12.6 Å². The Morgan fingerprint density at radius 1 is 1.26 bits per heavy atom. The minimum Gasteiger partial charge on any atom is -0.444 e. The number of nitrogen functional groups attached to an aromatic ring is 1. The third-order valence-corrected chi connectivity index (χ3v) is 2.89. The number of nitrogens with two attached hydrogens (primary N) is 1. The van der Waals surface area contributed by atoms with Gasteiger partial charge in [0.2, 0.25) is 0 Å². The Kier molecular flexibility index (Phi) is 5.05. The van der Waals surface area contributed by atoms with Crippen molar-refractivity contribution in [2.24, 2.45) is 0 Å². The molecule has 1 heterocycles. The highest BCUT2D eigenvalue weighted by Gasteiger charge is 2.16. The molecule has 1 aromatic carbocycles. The van der Waals surface area contributed by atoms with Crippen LogP contribution in [0.4, 0.5) is 22.0 Å². The number of rotatable bonds is 4. The van der Waals surface area contributed by atoms with Crippen molar-refractivity contribution in [1.29, 1.82) is 0 Å². The van der Waals surface area contributed by atoms with Crippen LogP contribution in [0.2, 0.25) is 0 Å². The number of amides is 1. The van der Waals surface area contributed by atoms with Crippen molar-refractivity contribution in [2.45, 2.75) is 32.9 Å². The Labute approximate surface area is 136 Å². The molecule has 6 heteroatoms. The maximum absolute atomic E-state index is 11.8. The van der Waals surface area contributed by atoms with Gasteiger partial charge in [-0.2, -0.15) is 0 Å². The standard InChI is InChI=1S/C17H22N4O2/c1-17(2,3)23-16(22)21-15-9-14(13(18)11-20-15)19-10-12-7-5-4-6-8-12/h4-9,11H,10,18H2,1-3H3,(H2,19,20,21,22). The summed E-state index contributed by atoms with van der Waals surface area (Å²) >= 11 is 0. The minimum absolute atomic E-state index is 0.379. The van der Waals surface area contributed by atoms with Crippen LogP contribution in [0.1, 0.15) is 26.3 Å². The zero-order valence-electron chi connectivity index (χ0n) is 13.6. The highest BCUT2D eigenvalue weighted by Crippen LogP contribution is 2.22. The van der Waals surface area contributed by atoms with Crippen molar-refractivity contribution < 1.29 is 9.53 Å². The Balaban J connectivity index is 2.02. The summed E-state index contributed by atoms with van der Waals surface area (Å²) < 4.78 is 5.20. The average molecular weight is 314 g/mol. The monoisotopic (exact) mass is 314 g/mol. The van der Waals surface area contributed by atoms with E-state index >= 15 is 0 Å². The second-order valence-electron chi connectivity index (χ2n) is 6.12. The highest BCUT2D eigenvalue weighted by atomic mass is 16.6. The van der Waals surface area contributed by atoms with Gasteiger partial charge in [-0.05, 0) is 26.3 Å². The van der Waals surface area contributed by atoms with Crippen molar-refractivity contribution in [1.82, 2.24) is 4.98 Å². The summed E-state index contributed by atoms with van der Waals surface area (Å²) in [4.78, 5) is 15.9. The number of nitrogens with zero attached hydrogens (tertiary/aromatic N) is 1. The molecule has 0 fully saturated rings. The zero-order valence-corrected chi connectivity index (χ0v) is 13.6. The van der Waals surface area contributed by atoms with E-state index in [9.17, 15) is 4.79 Å². The van der Waals surface area contributed by atoms with E-state index in [2.05, 4.69) is 15.6 Å². The summed E-state index contributed by atoms with van der Waals surface area (Å²) in [7, 11) is 0. The van der Waals surface area contributed by atoms with E-state index in [-0.39, 0.29) is 0 Å². The van der Waals surface area contributed by atoms with Crippen LogP contribution in [-0.4, -0.2) is 16.7 Å². The quantitative estimate of drug-likeness (QED) is 0.802. The molecule has 1 aromatic heterocycles. The lowest BCUT2D eigenvalue weighted by Gasteiger charge is -2.19. The molecule has 0 bridgehead atoms. The van der Waals surface area contributed by atoms with Gasteiger partial charge in [0.25, 0.3) is 0 Å². The molecule has 2 aromatic rings. The number of aromatic nitrogens is 1. The van der Waals surface area contributed by atoms with Gasteiger partial charge in [-0.15, -0.1) is 0 Å². The molecular weight excluding hydrogens is 292 g/mol. The number of anilines is 3. The summed E-state index contributed by atoms with van der Waals surface area (Å²) in [6.07, 6.45) is 0.948. The largest absolute Gasteiger partial charge is 0.444 e. The first-order chi connectivity index (χ1) is 10.8. The fraction of sp³-hybridized carbons (Fsp3) is 0.294. The van der Waals surface area contributed by atoms with Crippen LogP contribution in [0.3, 0.4) is 0 Å². The first kappa shape index (κ1) is 16.6. The number of hydrogen-bond donors (Lipinski definition) is 3. The minimum atomic E-state index is -0.563. The van der Waals surface area contributed by atoms with E-state index in [1.165, 1.54) is 6.20 Å². The predicted molar refractivity (Wildman–Crippen MR) is 92.3 cm³/mol. The Morgan fingerprint density at radius 2 is 1.96 bits per heavy atom. The average Bonchev–Trinajstić information content (AvgIpc) is 2.47. The van der Waals surface area contributed by atoms with Crippen LogP contribution < -0.4 is 16.4 Å². The van der Waals surface area contributed by atoms with E-state index in [0.29, 0.717) is 23.7 Å². The van der Waals surface area contributed by atoms with Crippen LogP contribution >= 0.6 is 0 Å². The number of carbonyl (C=O) groups excluding carboxylic acids is 1. The third-order valence-electron chi connectivity index (χ3n) is 2.89. The normalized spacial score (nSPS) is 10.9. The van der Waals surface area contributed by atoms with Gasteiger partial charge in [-0.3, -0.25) is 5.32 Å². The number of pyridine rings is 1. The van der Waals surface area contributed by atoms with Crippen molar-refractivity contribution in [3.05, 3.63) is 48.2 Å². The van der Waals surface area contributed by atoms with E-state index in [1.807, 2.05) is 30.3 Å². The zero-order chi connectivity index (χ0) is 16.9. The van der Waals surface area contributed by atoms with Gasteiger partial charge < -0.3 is 15.8 Å². The van der Waals surface area contributed by atoms with E-state index in [0.717, 1.165) is 5.56 Å². The van der Waals surface area contributed by atoms with Crippen molar-refractivity contribution in [3.63, 3.8) is 0 Å². The van der Waals surface area contributed by atoms with Crippen LogP contribution in [0, 0.1) is 0 Å². The number of nitrogens with one attached hydrogen (secondary N) is 2. The third kappa shape index (κ3) is 5.50. The van der Waals surface area contributed by atoms with Gasteiger partial charge in [0.05, 0.1) is 17.6 Å². The van der Waals surface area contributed by atoms with E-state index in [4.69, 9.17) is 10.5 Å². The second kappa shape index (κ2) is 7.00. The molecule has 0 aliphatic heterocycles. The number of benzene rings is 1. The highest BCUT2D eigenvalue weighted by molar-refractivity contribution is 5.85. The van der Waals surface area contributed by atoms with Crippen molar-refractivity contribution in [3.8, 4) is 0 Å². The fourth-order valence-electron chi connectivity index (χ4n) is 1.89. The van der Waals surface area contributed by atoms with Gasteiger partial charge in [-0.1, -0.05) is 30.3 Å². The van der Waals surface area contributed by atoms with E-state index in [1.54, 1.807) is 26.8 Å². The molecule has 0 spiro atoms. The molecule has 2 rings (SSSR count). The maximum atomic E-state index is 11.8. The summed E-state index contributed by atoms with van der Waals surface area (Å²) in [6, 6.07) is 11.6. The number of carbonyl (C=O) groups is 1. The summed E-state index contributed by atoms with van der Waals surface area (Å²) in [5.41, 5.74) is 7.70. The van der Waals surface area contributed by atoms with E-state index < -0.39 is 11.7 Å². The lowest BCUT2D eigenvalue weighted by molar-refractivity contribution is 0.0635. The van der Waals surface area contributed by atoms with Crippen LogP contribution in [0.5, 0.6) is 0 Å². The molecule has 0 aliphatic rings. The smallest absolute Gasteiger partial charge is 0.413 e. The molecule has 0 radical (unpaired) electrons. The van der Waals surface area contributed by atoms with Gasteiger partial charge in [-0.25, -0.2) is 9.78 Å². The molecule has 6 nitrogen and oxygen atoms in total. The molecule has 1 amide bonds. The molecule has 122 valence electrons. The van der Waals surface area contributed by atoms with Gasteiger partial charge >= 0.3 is 6.09 Å². The Morgan fingerprint density at radius 3 is 2.61 bits per heavy atom. The molecule has 0 saturated carbocycles. The summed E-state index contributed by atoms with van der Waals surface area (Å²) in [6.45, 7) is 6.03. The van der Waals surface area contributed by atoms with Gasteiger partial charge in [0.15, 0.2) is 0 Å².